The fourth-order valence-corrected chi connectivity index (χ4v) is 4.92. The molecule has 0 saturated carbocycles. The number of amides is 2. The van der Waals surface area contributed by atoms with E-state index in [2.05, 4.69) is 0 Å². The Hall–Kier alpha value is -2.70. The van der Waals surface area contributed by atoms with Gasteiger partial charge >= 0.3 is 0 Å². The minimum atomic E-state index is -0.332. The maximum absolute atomic E-state index is 13.1. The minimum absolute atomic E-state index is 0.00420. The molecule has 172 valence electrons. The summed E-state index contributed by atoms with van der Waals surface area (Å²) in [5.74, 6) is -0.131. The maximum Gasteiger partial charge on any atom is 0.266 e. The third-order valence-corrected chi connectivity index (χ3v) is 6.65. The van der Waals surface area contributed by atoms with Crippen molar-refractivity contribution < 1.29 is 9.59 Å². The third-order valence-electron chi connectivity index (χ3n) is 5.27. The largest absolute Gasteiger partial charge is 0.333 e. The standard InChI is InChI=1S/C27H30N2O2S2/c1-20(17-21-11-7-5-8-12-21)18-23-25(31)28(26(32)33-23)16-15-24(30)29(27(2,3)4)19-22-13-9-6-10-14-22/h5-14,17-18H,15-16,19H2,1-4H3/b20-17-,23-18-. The van der Waals surface area contributed by atoms with Crippen LogP contribution in [0.5, 0.6) is 0 Å². The van der Waals surface area contributed by atoms with Crippen molar-refractivity contribution in [3.05, 3.63) is 88.3 Å². The number of benzene rings is 2. The third kappa shape index (κ3) is 6.89. The second-order valence-electron chi connectivity index (χ2n) is 9.02. The predicted molar refractivity (Wildman–Crippen MR) is 141 cm³/mol. The monoisotopic (exact) mass is 478 g/mol. The Morgan fingerprint density at radius 2 is 1.67 bits per heavy atom. The van der Waals surface area contributed by atoms with Crippen molar-refractivity contribution in [2.45, 2.75) is 46.2 Å². The minimum Gasteiger partial charge on any atom is -0.333 e. The molecular formula is C27H30N2O2S2. The number of rotatable bonds is 7. The van der Waals surface area contributed by atoms with Gasteiger partial charge in [0.2, 0.25) is 5.91 Å². The molecule has 0 radical (unpaired) electrons. The normalized spacial score (nSPS) is 15.9. The van der Waals surface area contributed by atoms with Crippen molar-refractivity contribution >= 4 is 46.2 Å². The van der Waals surface area contributed by atoms with Gasteiger partial charge in [-0.1, -0.05) is 90.7 Å². The van der Waals surface area contributed by atoms with Crippen LogP contribution in [0.4, 0.5) is 0 Å². The summed E-state index contributed by atoms with van der Waals surface area (Å²) < 4.78 is 0.497. The molecule has 0 spiro atoms. The molecular weight excluding hydrogens is 448 g/mol. The van der Waals surface area contributed by atoms with Crippen LogP contribution in [0.1, 0.15) is 45.2 Å². The van der Waals surface area contributed by atoms with Crippen molar-refractivity contribution in [3.63, 3.8) is 0 Å². The van der Waals surface area contributed by atoms with Crippen molar-refractivity contribution in [2.24, 2.45) is 0 Å². The zero-order chi connectivity index (χ0) is 24.0. The first-order valence-corrected chi connectivity index (χ1v) is 12.2. The van der Waals surface area contributed by atoms with Crippen LogP contribution in [0.25, 0.3) is 6.08 Å². The fraction of sp³-hybridized carbons (Fsp3) is 0.296. The fourth-order valence-electron chi connectivity index (χ4n) is 3.56. The lowest BCUT2D eigenvalue weighted by atomic mass is 10.0. The van der Waals surface area contributed by atoms with Crippen molar-refractivity contribution in [3.8, 4) is 0 Å². The molecule has 0 bridgehead atoms. The summed E-state index contributed by atoms with van der Waals surface area (Å²) in [5, 5.41) is 0. The average Bonchev–Trinajstić information content (AvgIpc) is 3.03. The number of hydrogen-bond acceptors (Lipinski definition) is 4. The SMILES string of the molecule is CC(=C/c1ccccc1)/C=C1\SC(=S)N(CCC(=O)N(Cc2ccccc2)C(C)(C)C)C1=O. The molecule has 33 heavy (non-hydrogen) atoms. The van der Waals surface area contributed by atoms with Gasteiger partial charge in [0.25, 0.3) is 5.91 Å². The summed E-state index contributed by atoms with van der Waals surface area (Å²) in [6.45, 7) is 8.86. The molecule has 0 unspecified atom stereocenters. The number of thiocarbonyl (C=S) groups is 1. The zero-order valence-electron chi connectivity index (χ0n) is 19.6. The first-order valence-electron chi connectivity index (χ1n) is 11.0. The highest BCUT2D eigenvalue weighted by atomic mass is 32.2. The molecule has 1 aliphatic heterocycles. The van der Waals surface area contributed by atoms with E-state index in [9.17, 15) is 9.59 Å². The molecule has 0 aliphatic carbocycles. The van der Waals surface area contributed by atoms with Gasteiger partial charge in [-0.15, -0.1) is 0 Å². The Morgan fingerprint density at radius 1 is 1.06 bits per heavy atom. The van der Waals surface area contributed by atoms with Crippen LogP contribution >= 0.6 is 24.0 Å². The molecule has 6 heteroatoms. The van der Waals surface area contributed by atoms with Crippen LogP contribution in [0.2, 0.25) is 0 Å². The van der Waals surface area contributed by atoms with Gasteiger partial charge in [-0.05, 0) is 50.5 Å². The van der Waals surface area contributed by atoms with Gasteiger partial charge in [0, 0.05) is 25.0 Å². The van der Waals surface area contributed by atoms with Crippen molar-refractivity contribution in [1.82, 2.24) is 9.80 Å². The van der Waals surface area contributed by atoms with Crippen LogP contribution in [0, 0.1) is 0 Å². The second kappa shape index (κ2) is 10.9. The number of nitrogens with zero attached hydrogens (tertiary/aromatic N) is 2. The highest BCUT2D eigenvalue weighted by Gasteiger charge is 2.33. The highest BCUT2D eigenvalue weighted by Crippen LogP contribution is 2.32. The van der Waals surface area contributed by atoms with E-state index in [1.54, 1.807) is 4.90 Å². The number of carbonyl (C=O) groups is 2. The highest BCUT2D eigenvalue weighted by molar-refractivity contribution is 8.26. The molecule has 1 aliphatic rings. The van der Waals surface area contributed by atoms with E-state index >= 15 is 0 Å². The molecule has 0 atom stereocenters. The smallest absolute Gasteiger partial charge is 0.266 e. The lowest BCUT2D eigenvalue weighted by molar-refractivity contribution is -0.137. The summed E-state index contributed by atoms with van der Waals surface area (Å²) >= 11 is 6.75. The lowest BCUT2D eigenvalue weighted by Gasteiger charge is -2.36. The lowest BCUT2D eigenvalue weighted by Crippen LogP contribution is -2.46. The van der Waals surface area contributed by atoms with Gasteiger partial charge in [0.15, 0.2) is 0 Å². The molecule has 1 fully saturated rings. The number of allylic oxidation sites excluding steroid dienone is 2. The van der Waals surface area contributed by atoms with E-state index in [0.717, 1.165) is 16.7 Å². The topological polar surface area (TPSA) is 40.6 Å². The van der Waals surface area contributed by atoms with Gasteiger partial charge < -0.3 is 4.90 Å². The number of thioether (sulfide) groups is 1. The number of hydrogen-bond donors (Lipinski definition) is 0. The van der Waals surface area contributed by atoms with Gasteiger partial charge in [-0.3, -0.25) is 14.5 Å². The van der Waals surface area contributed by atoms with Crippen LogP contribution in [-0.4, -0.2) is 38.0 Å². The van der Waals surface area contributed by atoms with Crippen LogP contribution < -0.4 is 0 Å². The Bertz CT molecular complexity index is 1070. The molecule has 2 amide bonds. The summed E-state index contributed by atoms with van der Waals surface area (Å²) in [6.07, 6.45) is 4.12. The van der Waals surface area contributed by atoms with Gasteiger partial charge in [-0.2, -0.15) is 0 Å². The summed E-state index contributed by atoms with van der Waals surface area (Å²) in [4.78, 5) is 30.1. The number of carbonyl (C=O) groups excluding carboxylic acids is 2. The molecule has 3 rings (SSSR count). The molecule has 4 nitrogen and oxygen atoms in total. The molecule has 0 N–H and O–H groups in total. The Balaban J connectivity index is 1.66. The van der Waals surface area contributed by atoms with E-state index in [1.807, 2.05) is 105 Å². The Labute approximate surface area is 206 Å². The van der Waals surface area contributed by atoms with Gasteiger partial charge in [0.1, 0.15) is 4.32 Å². The molecule has 2 aromatic carbocycles. The van der Waals surface area contributed by atoms with E-state index in [4.69, 9.17) is 12.2 Å². The first-order chi connectivity index (χ1) is 15.6. The van der Waals surface area contributed by atoms with Gasteiger partial charge in [-0.25, -0.2) is 0 Å². The Morgan fingerprint density at radius 3 is 2.27 bits per heavy atom. The maximum atomic E-state index is 13.1. The van der Waals surface area contributed by atoms with Crippen molar-refractivity contribution in [2.75, 3.05) is 6.54 Å². The van der Waals surface area contributed by atoms with E-state index in [1.165, 1.54) is 11.8 Å². The average molecular weight is 479 g/mol. The summed E-state index contributed by atoms with van der Waals surface area (Å²) in [5.41, 5.74) is 2.80. The zero-order valence-corrected chi connectivity index (χ0v) is 21.2. The van der Waals surface area contributed by atoms with Crippen molar-refractivity contribution in [1.29, 1.82) is 0 Å². The van der Waals surface area contributed by atoms with E-state index in [-0.39, 0.29) is 30.3 Å². The van der Waals surface area contributed by atoms with E-state index in [0.29, 0.717) is 15.8 Å². The quantitative estimate of drug-likeness (QED) is 0.359. The van der Waals surface area contributed by atoms with E-state index < -0.39 is 0 Å². The van der Waals surface area contributed by atoms with Gasteiger partial charge in [0.05, 0.1) is 4.91 Å². The van der Waals surface area contributed by atoms with Crippen LogP contribution in [-0.2, 0) is 16.1 Å². The van der Waals surface area contributed by atoms with Crippen LogP contribution in [0.3, 0.4) is 0 Å². The molecule has 2 aromatic rings. The summed E-state index contributed by atoms with van der Waals surface area (Å²) in [6, 6.07) is 19.9. The molecule has 1 saturated heterocycles. The molecule has 0 aromatic heterocycles. The molecule has 1 heterocycles. The summed E-state index contributed by atoms with van der Waals surface area (Å²) in [7, 11) is 0. The van der Waals surface area contributed by atoms with Crippen LogP contribution in [0.15, 0.2) is 77.2 Å². The predicted octanol–water partition coefficient (Wildman–Crippen LogP) is 6.05. The second-order valence-corrected chi connectivity index (χ2v) is 10.7. The Kier molecular flexibility index (Phi) is 8.27. The first kappa shape index (κ1) is 24.9.